The van der Waals surface area contributed by atoms with Crippen LogP contribution < -0.4 is 0 Å². The minimum absolute atomic E-state index is 0.127. The molecule has 0 nitrogen and oxygen atoms in total. The van der Waals surface area contributed by atoms with Gasteiger partial charge < -0.3 is 0 Å². The van der Waals surface area contributed by atoms with Crippen molar-refractivity contribution in [2.75, 3.05) is 0 Å². The summed E-state index contributed by atoms with van der Waals surface area (Å²) in [5, 5.41) is 0. The third-order valence-corrected chi connectivity index (χ3v) is 14.8. The summed E-state index contributed by atoms with van der Waals surface area (Å²) < 4.78 is 0. The molecule has 314 valence electrons. The zero-order chi connectivity index (χ0) is 44.6. The summed E-state index contributed by atoms with van der Waals surface area (Å²) in [6.45, 7) is 9.53. The van der Waals surface area contributed by atoms with Crippen molar-refractivity contribution < 1.29 is 0 Å². The van der Waals surface area contributed by atoms with Gasteiger partial charge in [-0.2, -0.15) is 0 Å². The normalized spacial score (nSPS) is 13.7. The van der Waals surface area contributed by atoms with Crippen LogP contribution in [-0.4, -0.2) is 0 Å². The largest absolute Gasteiger partial charge is 0.0622 e. The molecule has 0 heteroatoms. The summed E-state index contributed by atoms with van der Waals surface area (Å²) in [6.07, 6.45) is 0. The highest BCUT2D eigenvalue weighted by Gasteiger charge is 2.37. The van der Waals surface area contributed by atoms with E-state index in [1.807, 2.05) is 0 Å². The molecule has 0 unspecified atom stereocenters. The van der Waals surface area contributed by atoms with Crippen molar-refractivity contribution >= 4 is 0 Å². The molecule has 0 bridgehead atoms. The second-order valence-electron chi connectivity index (χ2n) is 19.3. The van der Waals surface area contributed by atoms with Gasteiger partial charge in [-0.15, -0.1) is 0 Å². The van der Waals surface area contributed by atoms with Gasteiger partial charge in [-0.25, -0.2) is 0 Å². The van der Waals surface area contributed by atoms with Crippen molar-refractivity contribution in [3.05, 3.63) is 253 Å². The number of hydrogen-bond donors (Lipinski definition) is 0. The first-order chi connectivity index (χ1) is 32.2. The second-order valence-corrected chi connectivity index (χ2v) is 19.3. The third kappa shape index (κ3) is 6.51. The smallest absolute Gasteiger partial charge is 0.0159 e. The molecule has 0 aromatic heterocycles. The summed E-state index contributed by atoms with van der Waals surface area (Å²) in [5.41, 5.74) is 28.1. The van der Waals surface area contributed by atoms with Crippen LogP contribution in [0.25, 0.3) is 100 Å². The minimum atomic E-state index is -0.127. The molecule has 10 aromatic carbocycles. The summed E-state index contributed by atoms with van der Waals surface area (Å²) >= 11 is 0. The van der Waals surface area contributed by atoms with Crippen LogP contribution in [0.2, 0.25) is 0 Å². The summed E-state index contributed by atoms with van der Waals surface area (Å²) in [6, 6.07) is 85.5. The summed E-state index contributed by atoms with van der Waals surface area (Å²) in [5.74, 6) is 0. The van der Waals surface area contributed by atoms with Gasteiger partial charge in [-0.3, -0.25) is 0 Å². The standard InChI is InChI=1S/C66H50/c1-65(2)61-39-49(31-35-57(61)59-37-33-51(41-63(59)65)55-21-13-11-19-53(55)47-15-7-5-8-16-47)45-27-23-43(24-28-45)44-25-29-46(30-26-44)50-32-36-58-60-38-34-52(42-64(60)66(3,4)62(58)40-50)56-22-14-12-20-54(56)48-17-9-6-10-18-48/h5-42H,1-4H3. The average molecular weight is 843 g/mol. The van der Waals surface area contributed by atoms with Gasteiger partial charge in [0.05, 0.1) is 0 Å². The number of rotatable bonds is 7. The first kappa shape index (κ1) is 39.8. The van der Waals surface area contributed by atoms with Crippen molar-refractivity contribution in [1.82, 2.24) is 0 Å². The van der Waals surface area contributed by atoms with E-state index in [0.29, 0.717) is 0 Å². The maximum Gasteiger partial charge on any atom is 0.0159 e. The highest BCUT2D eigenvalue weighted by Crippen LogP contribution is 2.53. The molecule has 0 saturated carbocycles. The molecule has 0 radical (unpaired) electrons. The SMILES string of the molecule is CC1(C)c2cc(-c3ccc(-c4ccc(-c5ccc6c(c5)C(C)(C)c5cc(-c7ccccc7-c7ccccc7)ccc5-6)cc4)cc3)ccc2-c2ccc(-c3ccccc3-c3ccccc3)cc21. The molecule has 0 heterocycles. The Kier molecular flexibility index (Phi) is 9.30. The van der Waals surface area contributed by atoms with Crippen LogP contribution in [0.15, 0.2) is 231 Å². The lowest BCUT2D eigenvalue weighted by molar-refractivity contribution is 0.660. The topological polar surface area (TPSA) is 0 Å². The van der Waals surface area contributed by atoms with E-state index < -0.39 is 0 Å². The molecule has 0 saturated heterocycles. The number of fused-ring (bicyclic) bond motifs is 6. The Bertz CT molecular complexity index is 3240. The van der Waals surface area contributed by atoms with E-state index in [1.165, 1.54) is 122 Å². The predicted molar refractivity (Wildman–Crippen MR) is 280 cm³/mol. The van der Waals surface area contributed by atoms with Crippen molar-refractivity contribution in [2.24, 2.45) is 0 Å². The van der Waals surface area contributed by atoms with Gasteiger partial charge in [-0.05, 0) is 147 Å². The predicted octanol–water partition coefficient (Wildman–Crippen LogP) is 18.0. The third-order valence-electron chi connectivity index (χ3n) is 14.8. The average Bonchev–Trinajstić information content (AvgIpc) is 3.74. The molecule has 0 fully saturated rings. The highest BCUT2D eigenvalue weighted by atomic mass is 14.4. The van der Waals surface area contributed by atoms with Crippen LogP contribution in [0, 0.1) is 0 Å². The maximum atomic E-state index is 2.43. The molecule has 10 aromatic rings. The molecule has 66 heavy (non-hydrogen) atoms. The van der Waals surface area contributed by atoms with E-state index in [1.54, 1.807) is 0 Å². The monoisotopic (exact) mass is 842 g/mol. The molecule has 2 aliphatic rings. The van der Waals surface area contributed by atoms with Gasteiger partial charge in [0.25, 0.3) is 0 Å². The lowest BCUT2D eigenvalue weighted by Crippen LogP contribution is -2.15. The molecule has 0 amide bonds. The Balaban J connectivity index is 0.782. The van der Waals surface area contributed by atoms with Crippen LogP contribution in [0.5, 0.6) is 0 Å². The fraction of sp³-hybridized carbons (Fsp3) is 0.0909. The van der Waals surface area contributed by atoms with Crippen molar-refractivity contribution in [2.45, 2.75) is 38.5 Å². The Labute approximate surface area is 389 Å². The highest BCUT2D eigenvalue weighted by molar-refractivity contribution is 5.91. The van der Waals surface area contributed by atoms with E-state index in [4.69, 9.17) is 0 Å². The Hall–Kier alpha value is -7.80. The van der Waals surface area contributed by atoms with Gasteiger partial charge in [0, 0.05) is 10.8 Å². The van der Waals surface area contributed by atoms with E-state index in [0.717, 1.165) is 0 Å². The van der Waals surface area contributed by atoms with Crippen molar-refractivity contribution in [3.8, 4) is 100 Å². The summed E-state index contributed by atoms with van der Waals surface area (Å²) in [7, 11) is 0. The fourth-order valence-electron chi connectivity index (χ4n) is 11.1. The second kappa shape index (κ2) is 15.4. The quantitative estimate of drug-likeness (QED) is 0.150. The Morgan fingerprint density at radius 1 is 0.182 bits per heavy atom. The molecule has 0 atom stereocenters. The van der Waals surface area contributed by atoms with Gasteiger partial charge in [0.1, 0.15) is 0 Å². The van der Waals surface area contributed by atoms with Gasteiger partial charge in [-0.1, -0.05) is 234 Å². The van der Waals surface area contributed by atoms with E-state index in [-0.39, 0.29) is 10.8 Å². The maximum absolute atomic E-state index is 2.43. The lowest BCUT2D eigenvalue weighted by Gasteiger charge is -2.23. The van der Waals surface area contributed by atoms with Crippen LogP contribution in [-0.2, 0) is 10.8 Å². The van der Waals surface area contributed by atoms with E-state index >= 15 is 0 Å². The fourth-order valence-corrected chi connectivity index (χ4v) is 11.1. The van der Waals surface area contributed by atoms with Gasteiger partial charge >= 0.3 is 0 Å². The van der Waals surface area contributed by atoms with E-state index in [2.05, 4.69) is 258 Å². The first-order valence-corrected chi connectivity index (χ1v) is 23.3. The molecule has 12 rings (SSSR count). The lowest BCUT2D eigenvalue weighted by atomic mass is 9.80. The van der Waals surface area contributed by atoms with Crippen LogP contribution in [0.1, 0.15) is 49.9 Å². The summed E-state index contributed by atoms with van der Waals surface area (Å²) in [4.78, 5) is 0. The molecular formula is C66H50. The van der Waals surface area contributed by atoms with Crippen LogP contribution in [0.4, 0.5) is 0 Å². The van der Waals surface area contributed by atoms with E-state index in [9.17, 15) is 0 Å². The number of benzene rings is 10. The molecule has 2 aliphatic carbocycles. The number of hydrogen-bond acceptors (Lipinski definition) is 0. The van der Waals surface area contributed by atoms with Crippen LogP contribution >= 0.6 is 0 Å². The molecule has 0 spiro atoms. The van der Waals surface area contributed by atoms with Crippen molar-refractivity contribution in [1.29, 1.82) is 0 Å². The molecule has 0 N–H and O–H groups in total. The first-order valence-electron chi connectivity index (χ1n) is 23.3. The van der Waals surface area contributed by atoms with Gasteiger partial charge in [0.2, 0.25) is 0 Å². The Morgan fingerprint density at radius 2 is 0.409 bits per heavy atom. The van der Waals surface area contributed by atoms with Crippen molar-refractivity contribution in [3.63, 3.8) is 0 Å². The molecule has 0 aliphatic heterocycles. The zero-order valence-corrected chi connectivity index (χ0v) is 37.9. The molecular weight excluding hydrogens is 793 g/mol. The van der Waals surface area contributed by atoms with Crippen LogP contribution in [0.3, 0.4) is 0 Å². The minimum Gasteiger partial charge on any atom is -0.0622 e. The zero-order valence-electron chi connectivity index (χ0n) is 37.9. The van der Waals surface area contributed by atoms with Gasteiger partial charge in [0.15, 0.2) is 0 Å². The Morgan fingerprint density at radius 3 is 0.727 bits per heavy atom.